The zero-order chi connectivity index (χ0) is 37.0. The summed E-state index contributed by atoms with van der Waals surface area (Å²) in [5.74, 6) is 1.03. The third kappa shape index (κ3) is 8.02. The van der Waals surface area contributed by atoms with Crippen molar-refractivity contribution in [3.05, 3.63) is 58.9 Å². The highest BCUT2D eigenvalue weighted by Gasteiger charge is 2.31. The number of halogens is 1. The monoisotopic (exact) mass is 738 g/mol. The van der Waals surface area contributed by atoms with Crippen LogP contribution in [0.4, 0.5) is 4.79 Å². The number of aromatic nitrogens is 2. The number of hydrogen-bond acceptors (Lipinski definition) is 9. The Hall–Kier alpha value is -5.08. The third-order valence-electron chi connectivity index (χ3n) is 9.16. The summed E-state index contributed by atoms with van der Waals surface area (Å²) in [7, 11) is 6.74. The van der Waals surface area contributed by atoms with Gasteiger partial charge in [-0.1, -0.05) is 0 Å². The lowest BCUT2D eigenvalue weighted by atomic mass is 10.1. The number of ether oxygens (including phenoxy) is 3. The van der Waals surface area contributed by atoms with Gasteiger partial charge in [0.2, 0.25) is 0 Å². The van der Waals surface area contributed by atoms with Crippen molar-refractivity contribution in [2.75, 3.05) is 66.6 Å². The molecule has 4 aromatic rings. The molecule has 6 rings (SSSR count). The predicted octanol–water partition coefficient (Wildman–Crippen LogP) is 4.16. The van der Waals surface area contributed by atoms with E-state index < -0.39 is 5.60 Å². The molecule has 2 aliphatic rings. The summed E-state index contributed by atoms with van der Waals surface area (Å²) in [4.78, 5) is 66.7. The number of aldehydes is 2. The Bertz CT molecular complexity index is 1970. The van der Waals surface area contributed by atoms with E-state index in [1.54, 1.807) is 69.4 Å². The normalized spacial score (nSPS) is 14.6. The van der Waals surface area contributed by atoms with Gasteiger partial charge in [-0.2, -0.15) is 0 Å². The van der Waals surface area contributed by atoms with Crippen LogP contribution in [0.5, 0.6) is 11.5 Å². The van der Waals surface area contributed by atoms with Gasteiger partial charge in [0.05, 0.1) is 36.4 Å². The molecule has 0 spiro atoms. The molecule has 52 heavy (non-hydrogen) atoms. The van der Waals surface area contributed by atoms with Crippen LogP contribution in [-0.4, -0.2) is 126 Å². The van der Waals surface area contributed by atoms with Crippen LogP contribution in [-0.2, 0) is 18.8 Å². The smallest absolute Gasteiger partial charge is 0.410 e. The first-order valence-electron chi connectivity index (χ1n) is 16.8. The summed E-state index contributed by atoms with van der Waals surface area (Å²) >= 11 is 0. The minimum absolute atomic E-state index is 0. The number of methoxy groups -OCH3 is 2. The molecular weight excluding hydrogens is 692 g/mol. The highest BCUT2D eigenvalue weighted by Crippen LogP contribution is 2.30. The summed E-state index contributed by atoms with van der Waals surface area (Å²) in [6.07, 6.45) is 1.11. The first-order valence-corrected chi connectivity index (χ1v) is 16.8. The molecule has 14 nitrogen and oxygen atoms in total. The van der Waals surface area contributed by atoms with Gasteiger partial charge in [0, 0.05) is 89.4 Å². The summed E-state index contributed by atoms with van der Waals surface area (Å²) in [6.45, 7) is 9.85. The Kier molecular flexibility index (Phi) is 12.6. The van der Waals surface area contributed by atoms with E-state index in [9.17, 15) is 24.0 Å². The number of benzene rings is 2. The van der Waals surface area contributed by atoms with Gasteiger partial charge >= 0.3 is 6.09 Å². The van der Waals surface area contributed by atoms with E-state index in [1.807, 2.05) is 40.0 Å². The van der Waals surface area contributed by atoms with E-state index in [1.165, 1.54) is 0 Å². The van der Waals surface area contributed by atoms with Gasteiger partial charge in [-0.05, 0) is 45.0 Å². The fraction of sp³-hybridized carbons (Fsp3) is 0.432. The van der Waals surface area contributed by atoms with Gasteiger partial charge in [-0.15, -0.1) is 12.4 Å². The number of aryl methyl sites for hydroxylation is 2. The van der Waals surface area contributed by atoms with Crippen LogP contribution in [0.25, 0.3) is 21.8 Å². The van der Waals surface area contributed by atoms with E-state index in [-0.39, 0.29) is 30.3 Å². The van der Waals surface area contributed by atoms with Crippen LogP contribution in [0.1, 0.15) is 62.5 Å². The van der Waals surface area contributed by atoms with Gasteiger partial charge in [-0.25, -0.2) is 4.79 Å². The van der Waals surface area contributed by atoms with Gasteiger partial charge in [0.15, 0.2) is 12.6 Å². The SMILES string of the molecule is COc1ccc2c(C=O)c(C(=O)N3CCN(C(=O)OC(C)(C)C)CC3)n(C)c2c1.COc1ccc2c(C=O)c(C(=O)N3CCNCC3)n(C)c2c1.Cl. The standard InChI is InChI=1S/C21H27N3O5.C16H19N3O3.ClH/c1-21(2,3)29-20(27)24-10-8-23(9-11-24)19(26)18-16(13-25)15-7-6-14(28-5)12-17(15)22(18)4;1-18-14-9-11(22-2)3-4-12(14)13(10-20)15(18)16(21)19-7-5-17-6-8-19;/h6-7,12-13H,8-11H2,1-5H3;3-4,9-10,17H,5-8H2,1-2H3;1H. The lowest BCUT2D eigenvalue weighted by Crippen LogP contribution is -2.52. The summed E-state index contributed by atoms with van der Waals surface area (Å²) in [5, 5.41) is 4.70. The van der Waals surface area contributed by atoms with Gasteiger partial charge in [-0.3, -0.25) is 19.2 Å². The molecule has 2 fully saturated rings. The molecule has 0 unspecified atom stereocenters. The van der Waals surface area contributed by atoms with Crippen LogP contribution >= 0.6 is 12.4 Å². The maximum Gasteiger partial charge on any atom is 0.410 e. The number of hydrogen-bond donors (Lipinski definition) is 1. The van der Waals surface area contributed by atoms with E-state index in [2.05, 4.69) is 5.32 Å². The fourth-order valence-electron chi connectivity index (χ4n) is 6.49. The molecule has 2 aliphatic heterocycles. The second-order valence-electron chi connectivity index (χ2n) is 13.4. The van der Waals surface area contributed by atoms with Crippen molar-refractivity contribution in [1.82, 2.24) is 29.2 Å². The fourth-order valence-corrected chi connectivity index (χ4v) is 6.49. The number of amides is 3. The van der Waals surface area contributed by atoms with Crippen molar-refractivity contribution in [3.8, 4) is 11.5 Å². The van der Waals surface area contributed by atoms with Crippen molar-refractivity contribution in [3.63, 3.8) is 0 Å². The molecule has 280 valence electrons. The van der Waals surface area contributed by atoms with E-state index >= 15 is 0 Å². The van der Waals surface area contributed by atoms with E-state index in [0.717, 1.165) is 42.1 Å². The first kappa shape index (κ1) is 39.7. The van der Waals surface area contributed by atoms with Crippen LogP contribution in [0.3, 0.4) is 0 Å². The minimum atomic E-state index is -0.562. The molecule has 2 saturated heterocycles. The number of nitrogens with one attached hydrogen (secondary N) is 1. The Morgan fingerprint density at radius 2 is 1.08 bits per heavy atom. The van der Waals surface area contributed by atoms with Crippen molar-refractivity contribution in [1.29, 1.82) is 0 Å². The molecule has 0 aliphatic carbocycles. The molecular formula is C37H47ClN6O8. The second kappa shape index (κ2) is 16.5. The number of fused-ring (bicyclic) bond motifs is 2. The average molecular weight is 739 g/mol. The number of nitrogens with zero attached hydrogens (tertiary/aromatic N) is 5. The average Bonchev–Trinajstić information content (AvgIpc) is 3.59. The minimum Gasteiger partial charge on any atom is -0.497 e. The zero-order valence-corrected chi connectivity index (χ0v) is 31.5. The van der Waals surface area contributed by atoms with Crippen molar-refractivity contribution in [2.24, 2.45) is 14.1 Å². The maximum atomic E-state index is 13.2. The van der Waals surface area contributed by atoms with Crippen LogP contribution in [0.2, 0.25) is 0 Å². The number of piperazine rings is 2. The van der Waals surface area contributed by atoms with Gasteiger partial charge in [0.1, 0.15) is 28.5 Å². The van der Waals surface area contributed by atoms with Gasteiger partial charge in [0.25, 0.3) is 11.8 Å². The first-order chi connectivity index (χ1) is 24.3. The Morgan fingerprint density at radius 1 is 0.673 bits per heavy atom. The molecule has 4 heterocycles. The van der Waals surface area contributed by atoms with Crippen LogP contribution in [0.15, 0.2) is 36.4 Å². The predicted molar refractivity (Wildman–Crippen MR) is 199 cm³/mol. The quantitative estimate of drug-likeness (QED) is 0.289. The zero-order valence-electron chi connectivity index (χ0n) is 30.7. The molecule has 1 N–H and O–H groups in total. The summed E-state index contributed by atoms with van der Waals surface area (Å²) in [6, 6.07) is 10.8. The van der Waals surface area contributed by atoms with Crippen LogP contribution in [0, 0.1) is 0 Å². The third-order valence-corrected chi connectivity index (χ3v) is 9.16. The highest BCUT2D eigenvalue weighted by molar-refractivity contribution is 6.11. The number of carbonyl (C=O) groups excluding carboxylic acids is 5. The van der Waals surface area contributed by atoms with Crippen molar-refractivity contribution in [2.45, 2.75) is 26.4 Å². The highest BCUT2D eigenvalue weighted by atomic mass is 35.5. The molecule has 0 bridgehead atoms. The number of rotatable bonds is 6. The lowest BCUT2D eigenvalue weighted by Gasteiger charge is -2.35. The second-order valence-corrected chi connectivity index (χ2v) is 13.4. The Labute approximate surface area is 308 Å². The molecule has 3 amide bonds. The van der Waals surface area contributed by atoms with Crippen molar-refractivity contribution >= 4 is 64.7 Å². The largest absolute Gasteiger partial charge is 0.497 e. The number of carbonyl (C=O) groups is 5. The molecule has 0 saturated carbocycles. The molecule has 2 aromatic heterocycles. The summed E-state index contributed by atoms with van der Waals surface area (Å²) < 4.78 is 19.4. The summed E-state index contributed by atoms with van der Waals surface area (Å²) in [5.41, 5.74) is 2.61. The van der Waals surface area contributed by atoms with Crippen molar-refractivity contribution < 1.29 is 38.2 Å². The molecule has 0 atom stereocenters. The van der Waals surface area contributed by atoms with Crippen LogP contribution < -0.4 is 14.8 Å². The van der Waals surface area contributed by atoms with E-state index in [0.29, 0.717) is 78.7 Å². The topological polar surface area (TPSA) is 145 Å². The Morgan fingerprint density at radius 3 is 1.46 bits per heavy atom. The van der Waals surface area contributed by atoms with Gasteiger partial charge < -0.3 is 43.4 Å². The molecule has 15 heteroatoms. The van der Waals surface area contributed by atoms with E-state index in [4.69, 9.17) is 14.2 Å². The maximum absolute atomic E-state index is 13.2. The Balaban J connectivity index is 0.000000236. The lowest BCUT2D eigenvalue weighted by molar-refractivity contribution is 0.0139. The molecule has 0 radical (unpaired) electrons. The molecule has 2 aromatic carbocycles.